The Hall–Kier alpha value is -6.14. The Morgan fingerprint density at radius 1 is 0.571 bits per heavy atom. The van der Waals surface area contributed by atoms with Gasteiger partial charge in [0.1, 0.15) is 11.6 Å². The molecule has 288 valence electrons. The number of H-pyrrole nitrogens is 2. The first-order valence-electron chi connectivity index (χ1n) is 17.2. The van der Waals surface area contributed by atoms with E-state index in [4.69, 9.17) is 0 Å². The van der Waals surface area contributed by atoms with Crippen molar-refractivity contribution in [1.82, 2.24) is 29.9 Å². The third kappa shape index (κ3) is 7.57. The maximum absolute atomic E-state index is 15.0. The Morgan fingerprint density at radius 3 is 1.38 bits per heavy atom. The minimum absolute atomic E-state index is 0.152. The zero-order valence-corrected chi connectivity index (χ0v) is 31.3. The van der Waals surface area contributed by atoms with Crippen molar-refractivity contribution in [3.05, 3.63) is 109 Å². The summed E-state index contributed by atoms with van der Waals surface area (Å²) in [6, 6.07) is 14.1. The van der Waals surface area contributed by atoms with Crippen molar-refractivity contribution in [2.24, 2.45) is 0 Å². The zero-order chi connectivity index (χ0) is 39.8. The lowest BCUT2D eigenvalue weighted by molar-refractivity contribution is 0.587. The number of aromatic nitrogens is 6. The van der Waals surface area contributed by atoms with Gasteiger partial charge in [-0.25, -0.2) is 54.3 Å². The summed E-state index contributed by atoms with van der Waals surface area (Å²) in [5.41, 5.74) is 1.93. The second-order valence-electron chi connectivity index (χ2n) is 12.7. The molecule has 4 heterocycles. The molecule has 0 saturated carbocycles. The van der Waals surface area contributed by atoms with E-state index in [1.54, 1.807) is 62.6 Å². The molecule has 0 bridgehead atoms. The molecule has 4 aromatic carbocycles. The number of rotatable bonds is 10. The van der Waals surface area contributed by atoms with Gasteiger partial charge in [-0.15, -0.1) is 0 Å². The van der Waals surface area contributed by atoms with Crippen LogP contribution in [0.15, 0.2) is 85.7 Å². The van der Waals surface area contributed by atoms with Gasteiger partial charge in [0.05, 0.1) is 57.7 Å². The molecule has 0 aliphatic rings. The van der Waals surface area contributed by atoms with E-state index in [1.807, 2.05) is 0 Å². The molecule has 0 amide bonds. The minimum atomic E-state index is -3.71. The van der Waals surface area contributed by atoms with Crippen molar-refractivity contribution in [2.45, 2.75) is 26.7 Å². The highest BCUT2D eigenvalue weighted by molar-refractivity contribution is 7.92. The third-order valence-electron chi connectivity index (χ3n) is 8.77. The lowest BCUT2D eigenvalue weighted by atomic mass is 10.0. The van der Waals surface area contributed by atoms with Crippen molar-refractivity contribution in [1.29, 1.82) is 0 Å². The highest BCUT2D eigenvalue weighted by Crippen LogP contribution is 2.35. The van der Waals surface area contributed by atoms with Gasteiger partial charge in [-0.3, -0.25) is 9.44 Å². The molecular weight excluding hydrogens is 773 g/mol. The first-order chi connectivity index (χ1) is 26.8. The lowest BCUT2D eigenvalue weighted by Crippen LogP contribution is -2.17. The van der Waals surface area contributed by atoms with E-state index in [1.165, 1.54) is 12.7 Å². The average Bonchev–Trinajstić information content (AvgIpc) is 3.85. The molecule has 0 aliphatic heterocycles. The van der Waals surface area contributed by atoms with E-state index in [0.29, 0.717) is 34.9 Å². The van der Waals surface area contributed by atoms with E-state index in [2.05, 4.69) is 39.3 Å². The van der Waals surface area contributed by atoms with Gasteiger partial charge in [-0.2, -0.15) is 0 Å². The Balaban J connectivity index is 0.000000172. The second kappa shape index (κ2) is 15.2. The van der Waals surface area contributed by atoms with Crippen LogP contribution in [0.4, 0.5) is 28.9 Å². The van der Waals surface area contributed by atoms with Gasteiger partial charge in [0.2, 0.25) is 20.0 Å². The highest BCUT2D eigenvalue weighted by atomic mass is 32.2. The molecule has 12 nitrogen and oxygen atoms in total. The Bertz CT molecular complexity index is 2810. The van der Waals surface area contributed by atoms with E-state index in [9.17, 15) is 34.4 Å². The predicted octanol–water partition coefficient (Wildman–Crippen LogP) is 8.42. The first kappa shape index (κ1) is 38.1. The summed E-state index contributed by atoms with van der Waals surface area (Å²) in [7, 11) is -7.41. The quantitative estimate of drug-likeness (QED) is 0.0997. The van der Waals surface area contributed by atoms with Crippen LogP contribution in [0.1, 0.15) is 26.7 Å². The Labute approximate surface area is 317 Å². The summed E-state index contributed by atoms with van der Waals surface area (Å²) in [4.78, 5) is 22.6. The number of fused-ring (bicyclic) bond motifs is 6. The van der Waals surface area contributed by atoms with Gasteiger partial charge in [0.25, 0.3) is 0 Å². The molecule has 0 radical (unpaired) electrons. The summed E-state index contributed by atoms with van der Waals surface area (Å²) in [6.07, 6.45) is 6.96. The average molecular weight is 805 g/mol. The molecule has 4 aromatic heterocycles. The molecule has 0 fully saturated rings. The fourth-order valence-electron chi connectivity index (χ4n) is 6.30. The van der Waals surface area contributed by atoms with Crippen LogP contribution in [-0.2, 0) is 20.0 Å². The number of benzene rings is 4. The van der Waals surface area contributed by atoms with Gasteiger partial charge in [-0.05, 0) is 60.4 Å². The van der Waals surface area contributed by atoms with Gasteiger partial charge >= 0.3 is 0 Å². The van der Waals surface area contributed by atoms with Crippen LogP contribution >= 0.6 is 0 Å². The number of aromatic amines is 2. The van der Waals surface area contributed by atoms with Crippen molar-refractivity contribution in [3.63, 3.8) is 0 Å². The van der Waals surface area contributed by atoms with Crippen molar-refractivity contribution >= 4 is 75.3 Å². The fourth-order valence-corrected chi connectivity index (χ4v) is 8.56. The molecule has 0 saturated heterocycles. The number of sulfonamides is 2. The molecule has 18 heteroatoms. The monoisotopic (exact) mass is 804 g/mol. The summed E-state index contributed by atoms with van der Waals surface area (Å²) < 4.78 is 111. The SMILES string of the molecule is CCCS(=O)(=O)Nc1ccc(F)c(-c2ccc3c(cnc4nc[nH]c43)c2)c1F.CCCS(=O)(=O)Nc1ccc(F)c(-c2ccc3c(cnc4nc[nH]c43)c2)c1F. The standard InChI is InChI=1S/2C19H16F2N4O2S/c2*1-2-7-28(26,27)25-15-6-5-14(20)16(17(15)21)11-3-4-13-12(8-11)9-22-19-18(13)23-10-24-19/h2*3-6,8-10,25H,2,7H2,1H3,(H,22,23,24). The number of imidazole rings is 2. The number of anilines is 2. The number of nitrogens with zero attached hydrogens (tertiary/aromatic N) is 4. The topological polar surface area (TPSA) is 175 Å². The maximum Gasteiger partial charge on any atom is 0.232 e. The minimum Gasteiger partial charge on any atom is -0.343 e. The molecule has 8 rings (SSSR count). The number of halogens is 4. The van der Waals surface area contributed by atoms with Gasteiger partial charge in [-0.1, -0.05) is 38.1 Å². The van der Waals surface area contributed by atoms with Crippen LogP contribution in [0.25, 0.3) is 66.1 Å². The van der Waals surface area contributed by atoms with Crippen LogP contribution in [-0.4, -0.2) is 58.2 Å². The normalized spacial score (nSPS) is 12.0. The predicted molar refractivity (Wildman–Crippen MR) is 209 cm³/mol. The van der Waals surface area contributed by atoms with E-state index < -0.39 is 43.3 Å². The van der Waals surface area contributed by atoms with E-state index >= 15 is 0 Å². The molecule has 4 N–H and O–H groups in total. The maximum atomic E-state index is 15.0. The summed E-state index contributed by atoms with van der Waals surface area (Å²) in [6.45, 7) is 3.40. The molecule has 8 aromatic rings. The number of hydrogen-bond acceptors (Lipinski definition) is 8. The fraction of sp³-hybridized carbons (Fsp3) is 0.158. The van der Waals surface area contributed by atoms with Crippen molar-refractivity contribution in [3.8, 4) is 22.3 Å². The van der Waals surface area contributed by atoms with Gasteiger partial charge in [0, 0.05) is 33.9 Å². The second-order valence-corrected chi connectivity index (χ2v) is 16.4. The molecule has 0 atom stereocenters. The van der Waals surface area contributed by atoms with Crippen LogP contribution in [0, 0.1) is 23.3 Å². The van der Waals surface area contributed by atoms with Crippen LogP contribution in [0.2, 0.25) is 0 Å². The summed E-state index contributed by atoms with van der Waals surface area (Å²) in [5.74, 6) is -3.80. The first-order valence-corrected chi connectivity index (χ1v) is 20.5. The van der Waals surface area contributed by atoms with E-state index in [-0.39, 0.29) is 45.1 Å². The molecule has 0 spiro atoms. The van der Waals surface area contributed by atoms with Crippen molar-refractivity contribution < 1.29 is 34.4 Å². The Kier molecular flexibility index (Phi) is 10.3. The largest absolute Gasteiger partial charge is 0.343 e. The molecule has 0 aliphatic carbocycles. The van der Waals surface area contributed by atoms with Crippen molar-refractivity contribution in [2.75, 3.05) is 20.9 Å². The number of nitrogens with one attached hydrogen (secondary N) is 4. The zero-order valence-electron chi connectivity index (χ0n) is 29.7. The smallest absolute Gasteiger partial charge is 0.232 e. The van der Waals surface area contributed by atoms with Gasteiger partial charge in [0.15, 0.2) is 22.9 Å². The van der Waals surface area contributed by atoms with Crippen LogP contribution in [0.5, 0.6) is 0 Å². The lowest BCUT2D eigenvalue weighted by Gasteiger charge is -2.13. The number of hydrogen-bond donors (Lipinski definition) is 4. The molecular formula is C38H32F4N8O4S2. The van der Waals surface area contributed by atoms with Crippen LogP contribution in [0.3, 0.4) is 0 Å². The van der Waals surface area contributed by atoms with Gasteiger partial charge < -0.3 is 9.97 Å². The summed E-state index contributed by atoms with van der Waals surface area (Å²) >= 11 is 0. The molecule has 0 unspecified atom stereocenters. The number of pyridine rings is 2. The van der Waals surface area contributed by atoms with E-state index in [0.717, 1.165) is 46.1 Å². The molecule has 56 heavy (non-hydrogen) atoms. The Morgan fingerprint density at radius 2 is 0.982 bits per heavy atom. The summed E-state index contributed by atoms with van der Waals surface area (Å²) in [5, 5.41) is 2.97. The third-order valence-corrected chi connectivity index (χ3v) is 11.7. The highest BCUT2D eigenvalue weighted by Gasteiger charge is 2.21. The van der Waals surface area contributed by atoms with Crippen LogP contribution < -0.4 is 9.44 Å².